The lowest BCUT2D eigenvalue weighted by atomic mass is 9.96. The van der Waals surface area contributed by atoms with E-state index in [-0.39, 0.29) is 17.8 Å². The number of halogens is 1. The summed E-state index contributed by atoms with van der Waals surface area (Å²) in [7, 11) is 0. The van der Waals surface area contributed by atoms with Crippen LogP contribution in [0.25, 0.3) is 0 Å². The van der Waals surface area contributed by atoms with Gasteiger partial charge in [0.25, 0.3) is 0 Å². The van der Waals surface area contributed by atoms with Crippen molar-refractivity contribution < 1.29 is 4.52 Å². The Hall–Kier alpha value is -0.610. The Labute approximate surface area is 96.2 Å². The van der Waals surface area contributed by atoms with Crippen LogP contribution < -0.4 is 5.32 Å². The maximum atomic E-state index is 5.27. The van der Waals surface area contributed by atoms with Crippen molar-refractivity contribution in [3.05, 3.63) is 11.7 Å². The molecular formula is C10H18ClN3O. The lowest BCUT2D eigenvalue weighted by molar-refractivity contribution is 0.347. The Morgan fingerprint density at radius 2 is 2.13 bits per heavy atom. The third-order valence-corrected chi connectivity index (χ3v) is 2.52. The van der Waals surface area contributed by atoms with Crippen LogP contribution in [0.4, 0.5) is 0 Å². The van der Waals surface area contributed by atoms with Crippen LogP contribution in [0.2, 0.25) is 0 Å². The zero-order valence-electron chi connectivity index (χ0n) is 9.41. The molecule has 1 atom stereocenters. The van der Waals surface area contributed by atoms with Crippen LogP contribution in [0.15, 0.2) is 4.52 Å². The molecule has 0 saturated carbocycles. The quantitative estimate of drug-likeness (QED) is 0.802. The minimum absolute atomic E-state index is 0. The van der Waals surface area contributed by atoms with Crippen LogP contribution in [0.3, 0.4) is 0 Å². The van der Waals surface area contributed by atoms with Gasteiger partial charge in [0.05, 0.1) is 5.92 Å². The highest BCUT2D eigenvalue weighted by Crippen LogP contribution is 2.24. The van der Waals surface area contributed by atoms with Crippen molar-refractivity contribution >= 4 is 12.4 Å². The largest absolute Gasteiger partial charge is 0.339 e. The molecule has 2 rings (SSSR count). The number of rotatable bonds is 1. The summed E-state index contributed by atoms with van der Waals surface area (Å²) in [5, 5.41) is 7.31. The average Bonchev–Trinajstić information content (AvgIpc) is 2.73. The van der Waals surface area contributed by atoms with E-state index >= 15 is 0 Å². The molecule has 0 aromatic carbocycles. The topological polar surface area (TPSA) is 51.0 Å². The second-order valence-electron chi connectivity index (χ2n) is 4.90. The van der Waals surface area contributed by atoms with Crippen LogP contribution in [0, 0.1) is 0 Å². The number of hydrogen-bond donors (Lipinski definition) is 1. The fourth-order valence-corrected chi connectivity index (χ4v) is 1.57. The molecule has 1 aliphatic rings. The predicted molar refractivity (Wildman–Crippen MR) is 60.5 cm³/mol. The zero-order chi connectivity index (χ0) is 10.2. The van der Waals surface area contributed by atoms with E-state index in [4.69, 9.17) is 4.52 Å². The van der Waals surface area contributed by atoms with Gasteiger partial charge in [-0.15, -0.1) is 12.4 Å². The summed E-state index contributed by atoms with van der Waals surface area (Å²) in [6, 6.07) is 0. The van der Waals surface area contributed by atoms with E-state index in [0.29, 0.717) is 5.92 Å². The van der Waals surface area contributed by atoms with Crippen molar-refractivity contribution in [3.63, 3.8) is 0 Å². The van der Waals surface area contributed by atoms with Crippen molar-refractivity contribution in [1.29, 1.82) is 0 Å². The molecule has 86 valence electrons. The number of hydrogen-bond acceptors (Lipinski definition) is 4. The minimum atomic E-state index is -0.0201. The van der Waals surface area contributed by atoms with Gasteiger partial charge < -0.3 is 9.84 Å². The van der Waals surface area contributed by atoms with Crippen LogP contribution in [0.1, 0.15) is 44.8 Å². The van der Waals surface area contributed by atoms with Gasteiger partial charge in [-0.25, -0.2) is 0 Å². The molecular weight excluding hydrogens is 214 g/mol. The highest BCUT2D eigenvalue weighted by atomic mass is 35.5. The molecule has 1 N–H and O–H groups in total. The van der Waals surface area contributed by atoms with Gasteiger partial charge in [0.2, 0.25) is 5.89 Å². The van der Waals surface area contributed by atoms with E-state index in [1.807, 2.05) is 0 Å². The monoisotopic (exact) mass is 231 g/mol. The molecule has 0 aliphatic carbocycles. The summed E-state index contributed by atoms with van der Waals surface area (Å²) in [6.07, 6.45) is 1.10. The normalized spacial score (nSPS) is 21.4. The lowest BCUT2D eigenvalue weighted by Crippen LogP contribution is -2.14. The molecule has 0 radical (unpaired) electrons. The highest BCUT2D eigenvalue weighted by Gasteiger charge is 2.26. The second-order valence-corrected chi connectivity index (χ2v) is 4.90. The Morgan fingerprint density at radius 3 is 2.60 bits per heavy atom. The van der Waals surface area contributed by atoms with Gasteiger partial charge in [-0.05, 0) is 13.0 Å². The Kier molecular flexibility index (Phi) is 3.73. The average molecular weight is 232 g/mol. The van der Waals surface area contributed by atoms with Gasteiger partial charge in [0.1, 0.15) is 0 Å². The first-order valence-electron chi connectivity index (χ1n) is 5.12. The third-order valence-electron chi connectivity index (χ3n) is 2.52. The van der Waals surface area contributed by atoms with Crippen molar-refractivity contribution in [3.8, 4) is 0 Å². The molecule has 4 nitrogen and oxygen atoms in total. The minimum Gasteiger partial charge on any atom is -0.339 e. The standard InChI is InChI=1S/C10H17N3O.ClH/c1-10(2,3)9-12-8(14-13-9)7-4-5-11-6-7;/h7,11H,4-6H2,1-3H3;1H/t7-;/m0./s1. The summed E-state index contributed by atoms with van der Waals surface area (Å²) in [5.41, 5.74) is -0.0201. The molecule has 1 saturated heterocycles. The molecule has 15 heavy (non-hydrogen) atoms. The summed E-state index contributed by atoms with van der Waals surface area (Å²) >= 11 is 0. The fourth-order valence-electron chi connectivity index (χ4n) is 1.57. The van der Waals surface area contributed by atoms with E-state index < -0.39 is 0 Å². The molecule has 2 heterocycles. The van der Waals surface area contributed by atoms with E-state index in [2.05, 4.69) is 36.2 Å². The second kappa shape index (κ2) is 4.49. The molecule has 1 fully saturated rings. The van der Waals surface area contributed by atoms with Gasteiger partial charge in [-0.3, -0.25) is 0 Å². The maximum Gasteiger partial charge on any atom is 0.231 e. The van der Waals surface area contributed by atoms with Crippen molar-refractivity contribution in [2.24, 2.45) is 0 Å². The summed E-state index contributed by atoms with van der Waals surface area (Å²) in [5.74, 6) is 2.01. The Bertz CT molecular complexity index is 313. The summed E-state index contributed by atoms with van der Waals surface area (Å²) < 4.78 is 5.27. The smallest absolute Gasteiger partial charge is 0.231 e. The van der Waals surface area contributed by atoms with Gasteiger partial charge in [-0.1, -0.05) is 25.9 Å². The fraction of sp³-hybridized carbons (Fsp3) is 0.800. The first-order chi connectivity index (χ1) is 6.57. The number of aromatic nitrogens is 2. The predicted octanol–water partition coefficient (Wildman–Crippen LogP) is 1.87. The van der Waals surface area contributed by atoms with Crippen LogP contribution in [-0.4, -0.2) is 23.2 Å². The van der Waals surface area contributed by atoms with Crippen molar-refractivity contribution in [2.75, 3.05) is 13.1 Å². The molecule has 0 spiro atoms. The first-order valence-corrected chi connectivity index (χ1v) is 5.12. The van der Waals surface area contributed by atoms with Crippen molar-refractivity contribution in [2.45, 2.75) is 38.5 Å². The first kappa shape index (κ1) is 12.5. The van der Waals surface area contributed by atoms with Gasteiger partial charge in [0.15, 0.2) is 5.82 Å². The van der Waals surface area contributed by atoms with E-state index in [0.717, 1.165) is 31.2 Å². The van der Waals surface area contributed by atoms with Crippen molar-refractivity contribution in [1.82, 2.24) is 15.5 Å². The van der Waals surface area contributed by atoms with Crippen LogP contribution >= 0.6 is 12.4 Å². The van der Waals surface area contributed by atoms with Gasteiger partial charge >= 0.3 is 0 Å². The molecule has 0 amide bonds. The number of nitrogens with zero attached hydrogens (tertiary/aromatic N) is 2. The number of nitrogens with one attached hydrogen (secondary N) is 1. The van der Waals surface area contributed by atoms with E-state index in [1.54, 1.807) is 0 Å². The molecule has 0 unspecified atom stereocenters. The van der Waals surface area contributed by atoms with E-state index in [9.17, 15) is 0 Å². The van der Waals surface area contributed by atoms with Gasteiger partial charge in [-0.2, -0.15) is 4.98 Å². The Morgan fingerprint density at radius 1 is 1.40 bits per heavy atom. The highest BCUT2D eigenvalue weighted by molar-refractivity contribution is 5.85. The van der Waals surface area contributed by atoms with Crippen LogP contribution in [0.5, 0.6) is 0 Å². The Balaban J connectivity index is 0.00000112. The molecule has 1 aromatic heterocycles. The molecule has 0 bridgehead atoms. The van der Waals surface area contributed by atoms with E-state index in [1.165, 1.54) is 0 Å². The molecule has 1 aromatic rings. The lowest BCUT2D eigenvalue weighted by Gasteiger charge is -2.11. The maximum absolute atomic E-state index is 5.27. The van der Waals surface area contributed by atoms with Gasteiger partial charge in [0, 0.05) is 12.0 Å². The molecule has 1 aliphatic heterocycles. The third kappa shape index (κ3) is 2.69. The summed E-state index contributed by atoms with van der Waals surface area (Å²) in [6.45, 7) is 8.29. The molecule has 5 heteroatoms. The summed E-state index contributed by atoms with van der Waals surface area (Å²) in [4.78, 5) is 4.45. The SMILES string of the molecule is CC(C)(C)c1noc([C@H]2CCNC2)n1.Cl. The van der Waals surface area contributed by atoms with Crippen LogP contribution in [-0.2, 0) is 5.41 Å². The zero-order valence-corrected chi connectivity index (χ0v) is 10.2.